The molecule has 41 heteroatoms. The first-order valence-electron chi connectivity index (χ1n) is 50.1. The van der Waals surface area contributed by atoms with E-state index in [1.54, 1.807) is 55.5 Å². The lowest BCUT2D eigenvalue weighted by molar-refractivity contribution is 0.0652. The van der Waals surface area contributed by atoms with Gasteiger partial charge in [0.15, 0.2) is 0 Å². The molecule has 149 heavy (non-hydrogen) atoms. The van der Waals surface area contributed by atoms with Crippen molar-refractivity contribution in [3.05, 3.63) is 242 Å². The van der Waals surface area contributed by atoms with Gasteiger partial charge >= 0.3 is 0 Å². The van der Waals surface area contributed by atoms with Crippen LogP contribution in [0.3, 0.4) is 0 Å². The monoisotopic (exact) mass is 2020 g/mol. The number of fused-ring (bicyclic) bond motifs is 4. The zero-order valence-electron chi connectivity index (χ0n) is 83.1. The predicted molar refractivity (Wildman–Crippen MR) is 561 cm³/mol. The van der Waals surface area contributed by atoms with Crippen LogP contribution in [0.15, 0.2) is 219 Å². The molecule has 19 heterocycles. The number of rotatable bonds is 27. The van der Waals surface area contributed by atoms with Gasteiger partial charge < -0.3 is 114 Å². The van der Waals surface area contributed by atoms with Crippen LogP contribution in [-0.4, -0.2) is 346 Å². The standard InChI is InChI=1S/2C28H31N7O3.C27H29N7O3.C25H25F2N7O2/c2*1-34-10-12-35(13-11-34)27(36)26-16-19-15-20(4-5-23(19)32-26)31-28-30-9-7-24(33-28)25-17-21(6-8-29-25)38-18-22-3-2-14-37-22;1-33-9-11-34(12-10-33)26(35)25-15-18-14-19(2-3-22(18)31-25)30-27-29-8-5-23(32-27)24-16-20(4-7-28-24)37-21-6-13-36-17-21;1-33-8-10-34(11-9-33)24(35)22-13-16-12-17(2-3-19(16)31-22)30-25-29-7-5-20(32-25)21-14-18(4-6-28-21)36-15-23(26)27/h2*4-9,15-17,22,32H,2-3,10-14,18H2,1H3,(H,30,31,33);2-5,7-8,14-16,21,31H,6,9-13,17H2,1H3,(H,29,30,32);2-7,12-14,23,31H,8-11,15H2,1H3,(H,29,30,32)/t22-;;;/m0.../s1. The lowest BCUT2D eigenvalue weighted by Gasteiger charge is -2.32. The zero-order chi connectivity index (χ0) is 102. The average Bonchev–Trinajstić information content (AvgIpc) is 1.68. The minimum Gasteiger partial charge on any atom is -0.491 e. The first kappa shape index (κ1) is 100. The van der Waals surface area contributed by atoms with Gasteiger partial charge in [-0.1, -0.05) is 0 Å². The molecule has 8 N–H and O–H groups in total. The summed E-state index contributed by atoms with van der Waals surface area (Å²) < 4.78 is 64.5. The summed E-state index contributed by atoms with van der Waals surface area (Å²) in [6.45, 7) is 16.2. The molecule has 0 spiro atoms. The van der Waals surface area contributed by atoms with Gasteiger partial charge in [-0.15, -0.1) is 0 Å². The molecular formula is C108H116F2N28O11. The van der Waals surface area contributed by atoms with E-state index in [1.165, 1.54) is 12.3 Å². The Balaban J connectivity index is 0.000000120. The lowest BCUT2D eigenvalue weighted by atomic mass is 10.2. The minimum absolute atomic E-state index is 0.00268. The second-order valence-electron chi connectivity index (χ2n) is 37.6. The van der Waals surface area contributed by atoms with Crippen molar-refractivity contribution in [1.29, 1.82) is 0 Å². The molecule has 7 aliphatic heterocycles. The van der Waals surface area contributed by atoms with E-state index in [0.29, 0.717) is 125 Å². The maximum absolute atomic E-state index is 13.0. The third kappa shape index (κ3) is 26.1. The summed E-state index contributed by atoms with van der Waals surface area (Å²) in [7, 11) is 8.29. The van der Waals surface area contributed by atoms with Crippen LogP contribution < -0.4 is 40.2 Å². The number of alkyl halides is 2. The SMILES string of the molecule is CN1CCN(C(=O)c2cc3cc(Nc4nccc(-c5cc(OC6CCOC6)ccn5)n4)ccc3[nH]2)CC1.CN1CCN(C(=O)c2cc3cc(Nc4nccc(-c5cc(OCC(F)F)ccn5)n4)ccc3[nH]2)CC1.CN1CCN(C(=O)c2cc3cc(Nc4nccc(-c5cc(OCC6CCCO6)ccn5)n4)ccc3[nH]2)CC1.CN1CCN(C(=O)c2cc3cc(Nc4nccc(-c5cc(OC[C@@H]6CCCO6)ccn5)n4)ccc3[nH]2)CC1. The molecule has 12 aromatic heterocycles. The number of piperazine rings is 4. The second-order valence-corrected chi connectivity index (χ2v) is 37.6. The number of nitrogens with one attached hydrogen (secondary N) is 8. The molecule has 7 saturated heterocycles. The highest BCUT2D eigenvalue weighted by atomic mass is 19.3. The number of aromatic amines is 4. The van der Waals surface area contributed by atoms with Gasteiger partial charge in [0.05, 0.1) is 71.0 Å². The number of ether oxygens (including phenoxy) is 7. The number of halogens is 2. The minimum atomic E-state index is -2.56. The Morgan fingerprint density at radius 3 is 0.906 bits per heavy atom. The van der Waals surface area contributed by atoms with Crippen molar-refractivity contribution in [3.8, 4) is 68.5 Å². The van der Waals surface area contributed by atoms with Crippen LogP contribution in [0.4, 0.5) is 55.3 Å². The van der Waals surface area contributed by atoms with Crippen molar-refractivity contribution >= 4 is 114 Å². The molecule has 3 atom stereocenters. The summed E-state index contributed by atoms with van der Waals surface area (Å²) >= 11 is 0. The number of amides is 4. The van der Waals surface area contributed by atoms with E-state index >= 15 is 0 Å². The van der Waals surface area contributed by atoms with E-state index in [1.807, 2.05) is 171 Å². The van der Waals surface area contributed by atoms with Crippen molar-refractivity contribution in [1.82, 2.24) is 119 Å². The molecule has 4 aromatic carbocycles. The van der Waals surface area contributed by atoms with Crippen molar-refractivity contribution in [3.63, 3.8) is 0 Å². The second kappa shape index (κ2) is 47.1. The normalized spacial score (nSPS) is 17.3. The van der Waals surface area contributed by atoms with Gasteiger partial charge in [-0.2, -0.15) is 0 Å². The van der Waals surface area contributed by atoms with E-state index in [9.17, 15) is 28.0 Å². The van der Waals surface area contributed by atoms with Gasteiger partial charge in [-0.3, -0.25) is 39.1 Å². The Morgan fingerprint density at radius 1 is 0.336 bits per heavy atom. The first-order valence-corrected chi connectivity index (χ1v) is 50.1. The number of hydrogen-bond acceptors (Lipinski definition) is 31. The molecule has 768 valence electrons. The molecule has 0 radical (unpaired) electrons. The van der Waals surface area contributed by atoms with Crippen LogP contribution in [0, 0.1) is 0 Å². The number of aromatic nitrogens is 16. The van der Waals surface area contributed by atoms with Crippen LogP contribution in [0.25, 0.3) is 89.2 Å². The van der Waals surface area contributed by atoms with Gasteiger partial charge in [-0.05, 0) is 199 Å². The van der Waals surface area contributed by atoms with Crippen LogP contribution in [0.1, 0.15) is 74.1 Å². The summed E-state index contributed by atoms with van der Waals surface area (Å²) in [5.74, 6) is 4.32. The van der Waals surface area contributed by atoms with Crippen molar-refractivity contribution in [2.45, 2.75) is 56.8 Å². The molecule has 39 nitrogen and oxygen atoms in total. The Bertz CT molecular complexity index is 7130. The molecule has 7 fully saturated rings. The predicted octanol–water partition coefficient (Wildman–Crippen LogP) is 14.5. The maximum atomic E-state index is 13.0. The number of nitrogens with zero attached hydrogens (tertiary/aromatic N) is 20. The number of pyridine rings is 4. The number of benzene rings is 4. The quantitative estimate of drug-likeness (QED) is 0.0237. The highest BCUT2D eigenvalue weighted by molar-refractivity contribution is 6.02. The Hall–Kier alpha value is -16.2. The number of carbonyl (C=O) groups is 4. The van der Waals surface area contributed by atoms with Crippen molar-refractivity contribution < 1.29 is 61.1 Å². The summed E-state index contributed by atoms with van der Waals surface area (Å²) in [6, 6.07) is 52.3. The molecule has 23 rings (SSSR count). The van der Waals surface area contributed by atoms with Crippen LogP contribution in [0.5, 0.6) is 23.0 Å². The fraction of sp³-hybridized carbons (Fsp3) is 0.333. The number of likely N-dealkylation sites (N-methyl/N-ethyl adjacent to an activating group) is 4. The molecule has 2 unspecified atom stereocenters. The van der Waals surface area contributed by atoms with Crippen LogP contribution >= 0.6 is 0 Å². The Labute approximate surface area is 857 Å². The van der Waals surface area contributed by atoms with Crippen molar-refractivity contribution in [2.24, 2.45) is 0 Å². The number of carbonyl (C=O) groups excluding carboxylic acids is 4. The van der Waals surface area contributed by atoms with E-state index in [4.69, 9.17) is 33.2 Å². The van der Waals surface area contributed by atoms with Crippen LogP contribution in [-0.2, 0) is 14.2 Å². The third-order valence-corrected chi connectivity index (χ3v) is 26.7. The van der Waals surface area contributed by atoms with Gasteiger partial charge in [-0.25, -0.2) is 48.7 Å². The molecular weight excluding hydrogens is 1900 g/mol. The summed E-state index contributed by atoms with van der Waals surface area (Å²) in [6.07, 6.45) is 16.2. The largest absolute Gasteiger partial charge is 0.491 e. The fourth-order valence-corrected chi connectivity index (χ4v) is 18.2. The van der Waals surface area contributed by atoms with E-state index in [-0.39, 0.29) is 47.7 Å². The molecule has 16 aromatic rings. The number of hydrogen-bond donors (Lipinski definition) is 8. The van der Waals surface area contributed by atoms with E-state index < -0.39 is 13.0 Å². The average molecular weight is 2020 g/mol. The molecule has 4 amide bonds. The highest BCUT2D eigenvalue weighted by Gasteiger charge is 2.30. The number of H-pyrrole nitrogens is 4. The third-order valence-electron chi connectivity index (χ3n) is 26.7. The number of anilines is 8. The lowest BCUT2D eigenvalue weighted by Crippen LogP contribution is -2.47. The summed E-state index contributed by atoms with van der Waals surface area (Å²) in [4.78, 5) is 135. The topological polar surface area (TPSA) is 425 Å². The molecule has 0 aliphatic carbocycles. The van der Waals surface area contributed by atoms with Crippen LogP contribution in [0.2, 0.25) is 0 Å². The van der Waals surface area contributed by atoms with E-state index in [0.717, 1.165) is 227 Å². The van der Waals surface area contributed by atoms with Gasteiger partial charge in [0.25, 0.3) is 30.1 Å². The highest BCUT2D eigenvalue weighted by Crippen LogP contribution is 2.34. The summed E-state index contributed by atoms with van der Waals surface area (Å²) in [5.41, 5.74) is 14.3. The summed E-state index contributed by atoms with van der Waals surface area (Å²) in [5, 5.41) is 16.7. The van der Waals surface area contributed by atoms with Gasteiger partial charge in [0, 0.05) is 265 Å². The molecule has 7 aliphatic rings. The van der Waals surface area contributed by atoms with Crippen molar-refractivity contribution in [2.75, 3.05) is 200 Å². The van der Waals surface area contributed by atoms with E-state index in [2.05, 4.69) is 149 Å². The maximum Gasteiger partial charge on any atom is 0.272 e. The molecule has 0 saturated carbocycles. The zero-order valence-corrected chi connectivity index (χ0v) is 83.1. The smallest absolute Gasteiger partial charge is 0.272 e. The molecule has 0 bridgehead atoms. The fourth-order valence-electron chi connectivity index (χ4n) is 18.2. The Morgan fingerprint density at radius 2 is 0.624 bits per heavy atom. The van der Waals surface area contributed by atoms with Gasteiger partial charge in [0.2, 0.25) is 23.8 Å². The van der Waals surface area contributed by atoms with Gasteiger partial charge in [0.1, 0.15) is 71.7 Å². The first-order chi connectivity index (χ1) is 72.7. The Kier molecular flexibility index (Phi) is 31.7.